The van der Waals surface area contributed by atoms with Gasteiger partial charge in [0.25, 0.3) is 11.5 Å². The lowest BCUT2D eigenvalue weighted by Crippen LogP contribution is -2.44. The summed E-state index contributed by atoms with van der Waals surface area (Å²) in [5.41, 5.74) is 3.27. The van der Waals surface area contributed by atoms with Crippen molar-refractivity contribution in [3.63, 3.8) is 0 Å². The number of carbonyl (C=O) groups is 1. The topological polar surface area (TPSA) is 144 Å². The minimum absolute atomic E-state index is 0.0358. The van der Waals surface area contributed by atoms with Crippen LogP contribution in [-0.4, -0.2) is 58.0 Å². The molecule has 12 nitrogen and oxygen atoms in total. The molecule has 5 rings (SSSR count). The third kappa shape index (κ3) is 6.09. The van der Waals surface area contributed by atoms with Gasteiger partial charge in [-0.3, -0.25) is 18.8 Å². The summed E-state index contributed by atoms with van der Waals surface area (Å²) in [5.74, 6) is -0.324. The lowest BCUT2D eigenvalue weighted by atomic mass is 9.77. The van der Waals surface area contributed by atoms with Crippen molar-refractivity contribution in [3.8, 4) is 0 Å². The van der Waals surface area contributed by atoms with Gasteiger partial charge in [0.05, 0.1) is 28.9 Å². The summed E-state index contributed by atoms with van der Waals surface area (Å²) < 4.78 is 28.9. The Kier molecular flexibility index (Phi) is 7.99. The second kappa shape index (κ2) is 11.3. The van der Waals surface area contributed by atoms with Gasteiger partial charge in [-0.1, -0.05) is 24.6 Å². The molecule has 1 aromatic carbocycles. The molecule has 0 saturated carbocycles. The van der Waals surface area contributed by atoms with E-state index >= 15 is 0 Å². The SMILES string of the molecule is Cc1cc([C@@H](C)Nc2ccc(Cl)nc2C(=O)NS(C)(=O)=O)c2nc(N3CCC(C)(c4ccnn4C)CC3)n(C)c(=O)c2c1. The lowest BCUT2D eigenvalue weighted by Gasteiger charge is -2.40. The first-order valence-electron chi connectivity index (χ1n) is 13.9. The van der Waals surface area contributed by atoms with Gasteiger partial charge in [0, 0.05) is 50.1 Å². The third-order valence-corrected chi connectivity index (χ3v) is 8.88. The predicted molar refractivity (Wildman–Crippen MR) is 167 cm³/mol. The van der Waals surface area contributed by atoms with Crippen LogP contribution in [-0.2, 0) is 29.5 Å². The van der Waals surface area contributed by atoms with E-state index in [4.69, 9.17) is 16.6 Å². The minimum atomic E-state index is -3.83. The maximum atomic E-state index is 13.7. The zero-order chi connectivity index (χ0) is 31.3. The summed E-state index contributed by atoms with van der Waals surface area (Å²) in [5, 5.41) is 8.13. The molecule has 0 unspecified atom stereocenters. The normalized spacial score (nSPS) is 15.8. The van der Waals surface area contributed by atoms with E-state index < -0.39 is 22.0 Å². The van der Waals surface area contributed by atoms with Crippen molar-refractivity contribution >= 4 is 50.1 Å². The molecule has 14 heteroatoms. The van der Waals surface area contributed by atoms with E-state index in [0.717, 1.165) is 43.3 Å². The maximum absolute atomic E-state index is 13.7. The molecule has 1 aliphatic heterocycles. The molecule has 1 aliphatic rings. The van der Waals surface area contributed by atoms with Gasteiger partial charge in [-0.05, 0) is 56.5 Å². The van der Waals surface area contributed by atoms with E-state index in [1.54, 1.807) is 17.7 Å². The van der Waals surface area contributed by atoms with Crippen LogP contribution in [0.1, 0.15) is 60.0 Å². The largest absolute Gasteiger partial charge is 0.377 e. The number of aromatic nitrogens is 5. The Morgan fingerprint density at radius 2 is 1.81 bits per heavy atom. The molecule has 0 aliphatic carbocycles. The molecule has 0 radical (unpaired) electrons. The monoisotopic (exact) mass is 626 g/mol. The van der Waals surface area contributed by atoms with Gasteiger partial charge in [-0.15, -0.1) is 0 Å². The molecule has 1 atom stereocenters. The average molecular weight is 627 g/mol. The van der Waals surface area contributed by atoms with Gasteiger partial charge < -0.3 is 10.2 Å². The van der Waals surface area contributed by atoms with Crippen molar-refractivity contribution in [2.24, 2.45) is 14.1 Å². The number of nitrogens with zero attached hydrogens (tertiary/aromatic N) is 6. The summed E-state index contributed by atoms with van der Waals surface area (Å²) in [6.45, 7) is 7.47. The van der Waals surface area contributed by atoms with E-state index in [-0.39, 0.29) is 27.5 Å². The number of fused-ring (bicyclic) bond motifs is 1. The van der Waals surface area contributed by atoms with Gasteiger partial charge in [-0.2, -0.15) is 5.10 Å². The van der Waals surface area contributed by atoms with E-state index in [1.165, 1.54) is 11.8 Å². The molecular formula is C29H35ClN8O4S. The van der Waals surface area contributed by atoms with Gasteiger partial charge >= 0.3 is 0 Å². The first-order chi connectivity index (χ1) is 20.2. The van der Waals surface area contributed by atoms with Crippen LogP contribution in [0.15, 0.2) is 41.3 Å². The van der Waals surface area contributed by atoms with Crippen molar-refractivity contribution in [2.75, 3.05) is 29.6 Å². The Morgan fingerprint density at radius 1 is 1.12 bits per heavy atom. The number of carbonyl (C=O) groups excluding carboxylic acids is 1. The van der Waals surface area contributed by atoms with Crippen molar-refractivity contribution in [3.05, 3.63) is 74.6 Å². The number of nitrogens with one attached hydrogen (secondary N) is 2. The molecule has 43 heavy (non-hydrogen) atoms. The fourth-order valence-electron chi connectivity index (χ4n) is 5.83. The number of amides is 1. The quantitative estimate of drug-likeness (QED) is 0.295. The Hall–Kier alpha value is -3.97. The number of benzene rings is 1. The second-order valence-corrected chi connectivity index (χ2v) is 13.6. The van der Waals surface area contributed by atoms with E-state index in [0.29, 0.717) is 16.9 Å². The number of rotatable bonds is 7. The van der Waals surface area contributed by atoms with Crippen LogP contribution in [0.2, 0.25) is 5.15 Å². The number of hydrogen-bond donors (Lipinski definition) is 2. The van der Waals surface area contributed by atoms with E-state index in [9.17, 15) is 18.0 Å². The zero-order valence-electron chi connectivity index (χ0n) is 25.0. The van der Waals surface area contributed by atoms with Crippen LogP contribution in [0.25, 0.3) is 10.9 Å². The highest BCUT2D eigenvalue weighted by Crippen LogP contribution is 2.36. The highest BCUT2D eigenvalue weighted by molar-refractivity contribution is 7.89. The van der Waals surface area contributed by atoms with Crippen LogP contribution < -0.4 is 20.5 Å². The Balaban J connectivity index is 1.51. The Bertz CT molecular complexity index is 1890. The number of hydrogen-bond acceptors (Lipinski definition) is 9. The molecule has 1 amide bonds. The van der Waals surface area contributed by atoms with Crippen molar-refractivity contribution in [1.29, 1.82) is 0 Å². The highest BCUT2D eigenvalue weighted by atomic mass is 35.5. The number of anilines is 2. The molecule has 4 heterocycles. The molecule has 0 spiro atoms. The first-order valence-corrected chi connectivity index (χ1v) is 16.1. The summed E-state index contributed by atoms with van der Waals surface area (Å²) in [7, 11) is -0.125. The van der Waals surface area contributed by atoms with Gasteiger partial charge in [0.1, 0.15) is 5.15 Å². The number of sulfonamides is 1. The first kappa shape index (κ1) is 30.5. The fourth-order valence-corrected chi connectivity index (χ4v) is 6.41. The zero-order valence-corrected chi connectivity index (χ0v) is 26.5. The van der Waals surface area contributed by atoms with E-state index in [2.05, 4.69) is 33.3 Å². The highest BCUT2D eigenvalue weighted by Gasteiger charge is 2.35. The molecular weight excluding hydrogens is 592 g/mol. The second-order valence-electron chi connectivity index (χ2n) is 11.5. The van der Waals surface area contributed by atoms with Crippen LogP contribution >= 0.6 is 11.6 Å². The van der Waals surface area contributed by atoms with Crippen molar-refractivity contribution in [1.82, 2.24) is 29.0 Å². The summed E-state index contributed by atoms with van der Waals surface area (Å²) in [4.78, 5) is 37.7. The maximum Gasteiger partial charge on any atom is 0.285 e. The molecule has 3 aromatic heterocycles. The lowest BCUT2D eigenvalue weighted by molar-refractivity contribution is 0.0977. The fraction of sp³-hybridized carbons (Fsp3) is 0.414. The summed E-state index contributed by atoms with van der Waals surface area (Å²) in [6, 6.07) is 8.46. The van der Waals surface area contributed by atoms with Gasteiger partial charge in [0.15, 0.2) is 5.69 Å². The summed E-state index contributed by atoms with van der Waals surface area (Å²) in [6.07, 6.45) is 4.46. The molecule has 4 aromatic rings. The van der Waals surface area contributed by atoms with Crippen LogP contribution in [0.5, 0.6) is 0 Å². The predicted octanol–water partition coefficient (Wildman–Crippen LogP) is 3.44. The smallest absolute Gasteiger partial charge is 0.285 e. The number of aryl methyl sites for hydroxylation is 2. The Morgan fingerprint density at radius 3 is 2.44 bits per heavy atom. The number of pyridine rings is 1. The standard InChI is InChI=1S/C29H35ClN8O4S/c1-17-15-19(18(2)32-21-7-8-23(30)33-25(21)26(39)35-43(6,41)42)24-20(16-17)27(40)36(4)28(34-24)38-13-10-29(3,11-14-38)22-9-12-31-37(22)5/h7-9,12,15-16,18,32H,10-11,13-14H2,1-6H3,(H,35,39)/t18-/m1/s1. The van der Waals surface area contributed by atoms with Crippen molar-refractivity contribution < 1.29 is 13.2 Å². The molecule has 1 fully saturated rings. The minimum Gasteiger partial charge on any atom is -0.377 e. The summed E-state index contributed by atoms with van der Waals surface area (Å²) >= 11 is 6.04. The van der Waals surface area contributed by atoms with Crippen molar-refractivity contribution in [2.45, 2.75) is 45.1 Å². The molecule has 2 N–H and O–H groups in total. The van der Waals surface area contributed by atoms with Crippen LogP contribution in [0, 0.1) is 6.92 Å². The molecule has 228 valence electrons. The molecule has 0 bridgehead atoms. The Labute approximate surface area is 255 Å². The third-order valence-electron chi connectivity index (χ3n) is 8.11. The van der Waals surface area contributed by atoms with E-state index in [1.807, 2.05) is 48.6 Å². The average Bonchev–Trinajstić information content (AvgIpc) is 3.38. The number of halogens is 1. The van der Waals surface area contributed by atoms with Gasteiger partial charge in [-0.25, -0.2) is 23.1 Å². The van der Waals surface area contributed by atoms with Gasteiger partial charge in [0.2, 0.25) is 16.0 Å². The molecule has 1 saturated heterocycles. The number of piperidine rings is 1. The van der Waals surface area contributed by atoms with Crippen LogP contribution in [0.4, 0.5) is 11.6 Å². The van der Waals surface area contributed by atoms with Crippen LogP contribution in [0.3, 0.4) is 0 Å².